The smallest absolute Gasteiger partial charge is 0.200 e. The molecule has 0 aliphatic heterocycles. The van der Waals surface area contributed by atoms with Gasteiger partial charge in [0.15, 0.2) is 11.2 Å². The van der Waals surface area contributed by atoms with Crippen LogP contribution in [0.15, 0.2) is 41.5 Å². The highest BCUT2D eigenvalue weighted by molar-refractivity contribution is 5.94. The molecular weight excluding hydrogens is 233 g/mol. The van der Waals surface area contributed by atoms with Gasteiger partial charge in [-0.1, -0.05) is 12.1 Å². The van der Waals surface area contributed by atoms with Gasteiger partial charge in [0.25, 0.3) is 0 Å². The second kappa shape index (κ2) is 4.56. The lowest BCUT2D eigenvalue weighted by molar-refractivity contribution is 0.101. The minimum Gasteiger partial charge on any atom is -0.356 e. The van der Waals surface area contributed by atoms with Crippen molar-refractivity contribution in [2.45, 2.75) is 6.92 Å². The number of aryl methyl sites for hydroxylation is 1. The second-order valence-electron chi connectivity index (χ2n) is 4.15. The first-order valence-electron chi connectivity index (χ1n) is 5.46. The Labute approximate surface area is 104 Å². The molecule has 0 amide bonds. The normalized spacial score (nSPS) is 10.4. The molecule has 18 heavy (non-hydrogen) atoms. The summed E-state index contributed by atoms with van der Waals surface area (Å²) in [5.74, 6) is -0.711. The highest BCUT2D eigenvalue weighted by Crippen LogP contribution is 2.16. The molecule has 0 aliphatic carbocycles. The van der Waals surface area contributed by atoms with E-state index in [9.17, 15) is 14.0 Å². The van der Waals surface area contributed by atoms with Crippen molar-refractivity contribution in [2.24, 2.45) is 7.05 Å². The number of carbonyl (C=O) groups excluding carboxylic acids is 1. The van der Waals surface area contributed by atoms with Gasteiger partial charge in [0.05, 0.1) is 5.56 Å². The number of nitrogens with zero attached hydrogens (tertiary/aromatic N) is 1. The van der Waals surface area contributed by atoms with Crippen molar-refractivity contribution < 1.29 is 9.18 Å². The van der Waals surface area contributed by atoms with E-state index in [1.807, 2.05) is 0 Å². The van der Waals surface area contributed by atoms with Crippen LogP contribution in [0.5, 0.6) is 0 Å². The van der Waals surface area contributed by atoms with E-state index in [0.29, 0.717) is 11.1 Å². The molecule has 1 aromatic carbocycles. The van der Waals surface area contributed by atoms with Gasteiger partial charge in [-0.15, -0.1) is 0 Å². The molecule has 0 spiro atoms. The Morgan fingerprint density at radius 2 is 2.00 bits per heavy atom. The van der Waals surface area contributed by atoms with Crippen LogP contribution >= 0.6 is 0 Å². The standard InChI is InChI=1S/C14H12FNO2/c1-9(17)12-7-16(2)8-13(14(12)18)10-4-3-5-11(15)6-10/h3-8H,1-2H3. The number of ketones is 1. The van der Waals surface area contributed by atoms with Gasteiger partial charge in [-0.2, -0.15) is 0 Å². The minimum absolute atomic E-state index is 0.110. The van der Waals surface area contributed by atoms with Crippen LogP contribution in [0.2, 0.25) is 0 Å². The van der Waals surface area contributed by atoms with E-state index in [4.69, 9.17) is 0 Å². The van der Waals surface area contributed by atoms with Crippen molar-refractivity contribution >= 4 is 5.78 Å². The first kappa shape index (κ1) is 12.2. The number of hydrogen-bond donors (Lipinski definition) is 0. The van der Waals surface area contributed by atoms with Crippen molar-refractivity contribution in [1.82, 2.24) is 4.57 Å². The summed E-state index contributed by atoms with van der Waals surface area (Å²) in [5.41, 5.74) is 0.536. The molecule has 0 bridgehead atoms. The lowest BCUT2D eigenvalue weighted by Crippen LogP contribution is -2.17. The highest BCUT2D eigenvalue weighted by Gasteiger charge is 2.12. The van der Waals surface area contributed by atoms with E-state index in [0.717, 1.165) is 0 Å². The van der Waals surface area contributed by atoms with E-state index in [-0.39, 0.29) is 16.8 Å². The van der Waals surface area contributed by atoms with E-state index in [2.05, 4.69) is 0 Å². The Kier molecular flexibility index (Phi) is 3.10. The fraction of sp³-hybridized carbons (Fsp3) is 0.143. The number of carbonyl (C=O) groups is 1. The molecule has 1 heterocycles. The molecule has 0 saturated heterocycles. The summed E-state index contributed by atoms with van der Waals surface area (Å²) in [6.07, 6.45) is 3.07. The summed E-state index contributed by atoms with van der Waals surface area (Å²) in [6.45, 7) is 1.34. The Bertz CT molecular complexity index is 674. The number of hydrogen-bond acceptors (Lipinski definition) is 2. The summed E-state index contributed by atoms with van der Waals surface area (Å²) >= 11 is 0. The summed E-state index contributed by atoms with van der Waals surface area (Å²) in [7, 11) is 1.72. The van der Waals surface area contributed by atoms with Gasteiger partial charge in [-0.05, 0) is 24.6 Å². The van der Waals surface area contributed by atoms with Gasteiger partial charge in [-0.25, -0.2) is 4.39 Å². The average molecular weight is 245 g/mol. The van der Waals surface area contributed by atoms with Gasteiger partial charge in [0.2, 0.25) is 0 Å². The predicted molar refractivity (Wildman–Crippen MR) is 67.1 cm³/mol. The van der Waals surface area contributed by atoms with Gasteiger partial charge in [0.1, 0.15) is 5.82 Å². The highest BCUT2D eigenvalue weighted by atomic mass is 19.1. The zero-order chi connectivity index (χ0) is 13.3. The molecule has 0 atom stereocenters. The third-order valence-electron chi connectivity index (χ3n) is 2.67. The maximum atomic E-state index is 13.2. The van der Waals surface area contributed by atoms with Crippen LogP contribution in [0.3, 0.4) is 0 Å². The SMILES string of the molecule is CC(=O)c1cn(C)cc(-c2cccc(F)c2)c1=O. The number of aromatic nitrogens is 1. The van der Waals surface area contributed by atoms with Crippen molar-refractivity contribution in [2.75, 3.05) is 0 Å². The van der Waals surface area contributed by atoms with Crippen LogP contribution in [-0.4, -0.2) is 10.4 Å². The molecule has 0 N–H and O–H groups in total. The number of benzene rings is 1. The Morgan fingerprint density at radius 3 is 2.61 bits per heavy atom. The van der Waals surface area contributed by atoms with Gasteiger partial charge in [0, 0.05) is 25.0 Å². The van der Waals surface area contributed by atoms with E-state index >= 15 is 0 Å². The molecule has 0 radical (unpaired) electrons. The summed E-state index contributed by atoms with van der Waals surface area (Å²) in [5, 5.41) is 0. The van der Waals surface area contributed by atoms with E-state index in [1.54, 1.807) is 23.9 Å². The molecule has 4 heteroatoms. The topological polar surface area (TPSA) is 39.1 Å². The molecule has 0 unspecified atom stereocenters. The van der Waals surface area contributed by atoms with Gasteiger partial charge >= 0.3 is 0 Å². The zero-order valence-corrected chi connectivity index (χ0v) is 10.1. The van der Waals surface area contributed by atoms with Crippen molar-refractivity contribution in [1.29, 1.82) is 0 Å². The summed E-state index contributed by atoms with van der Waals surface area (Å²) in [6, 6.07) is 5.76. The van der Waals surface area contributed by atoms with E-state index < -0.39 is 5.82 Å². The first-order chi connectivity index (χ1) is 8.49. The Morgan fingerprint density at radius 1 is 1.28 bits per heavy atom. The van der Waals surface area contributed by atoms with Gasteiger partial charge < -0.3 is 4.57 Å². The van der Waals surface area contributed by atoms with Crippen molar-refractivity contribution in [3.63, 3.8) is 0 Å². The fourth-order valence-corrected chi connectivity index (χ4v) is 1.82. The van der Waals surface area contributed by atoms with Crippen LogP contribution in [0, 0.1) is 5.82 Å². The molecule has 2 aromatic rings. The molecule has 3 nitrogen and oxygen atoms in total. The van der Waals surface area contributed by atoms with Crippen LogP contribution < -0.4 is 5.43 Å². The molecule has 0 fully saturated rings. The lowest BCUT2D eigenvalue weighted by atomic mass is 10.0. The van der Waals surface area contributed by atoms with Crippen LogP contribution in [-0.2, 0) is 7.05 Å². The van der Waals surface area contributed by atoms with Crippen LogP contribution in [0.25, 0.3) is 11.1 Å². The predicted octanol–water partition coefficient (Wildman–Crippen LogP) is 2.39. The fourth-order valence-electron chi connectivity index (χ4n) is 1.82. The molecule has 0 aliphatic rings. The van der Waals surface area contributed by atoms with Crippen molar-refractivity contribution in [3.8, 4) is 11.1 Å². The van der Waals surface area contributed by atoms with Crippen LogP contribution in [0.4, 0.5) is 4.39 Å². The maximum Gasteiger partial charge on any atom is 0.200 e. The Hall–Kier alpha value is -2.23. The zero-order valence-electron chi connectivity index (χ0n) is 10.1. The summed E-state index contributed by atoms with van der Waals surface area (Å²) < 4.78 is 14.8. The maximum absolute atomic E-state index is 13.2. The summed E-state index contributed by atoms with van der Waals surface area (Å²) in [4.78, 5) is 23.5. The molecule has 0 saturated carbocycles. The van der Waals surface area contributed by atoms with Crippen molar-refractivity contribution in [3.05, 3.63) is 58.3 Å². The van der Waals surface area contributed by atoms with E-state index in [1.165, 1.54) is 31.3 Å². The number of rotatable bonds is 2. The number of pyridine rings is 1. The third kappa shape index (κ3) is 2.22. The lowest BCUT2D eigenvalue weighted by Gasteiger charge is -2.07. The molecule has 92 valence electrons. The third-order valence-corrected chi connectivity index (χ3v) is 2.67. The monoisotopic (exact) mass is 245 g/mol. The molecule has 2 rings (SSSR count). The molecule has 1 aromatic heterocycles. The van der Waals surface area contributed by atoms with Crippen LogP contribution in [0.1, 0.15) is 17.3 Å². The quantitative estimate of drug-likeness (QED) is 0.762. The number of Topliss-reactive ketones (excluding diaryl/α,β-unsaturated/α-hetero) is 1. The average Bonchev–Trinajstić information content (AvgIpc) is 2.31. The largest absolute Gasteiger partial charge is 0.356 e. The molecular formula is C14H12FNO2. The number of halogens is 1. The second-order valence-corrected chi connectivity index (χ2v) is 4.15. The Balaban J connectivity index is 2.72. The minimum atomic E-state index is -0.414. The van der Waals surface area contributed by atoms with Gasteiger partial charge in [-0.3, -0.25) is 9.59 Å². The first-order valence-corrected chi connectivity index (χ1v) is 5.46.